The van der Waals surface area contributed by atoms with E-state index in [4.69, 9.17) is 0 Å². The number of piperidine rings is 1. The molecule has 4 nitrogen and oxygen atoms in total. The summed E-state index contributed by atoms with van der Waals surface area (Å²) in [6.45, 7) is 9.72. The Morgan fingerprint density at radius 1 is 1.24 bits per heavy atom. The molecule has 1 aromatic heterocycles. The van der Waals surface area contributed by atoms with E-state index in [0.717, 1.165) is 38.3 Å². The first-order chi connectivity index (χ1) is 11.8. The third-order valence-corrected chi connectivity index (χ3v) is 5.34. The van der Waals surface area contributed by atoms with Crippen molar-refractivity contribution in [3.63, 3.8) is 0 Å². The monoisotopic (exact) mass is 341 g/mol. The Hall–Kier alpha value is -1.65. The second-order valence-electron chi connectivity index (χ2n) is 8.43. The van der Waals surface area contributed by atoms with E-state index in [0.29, 0.717) is 0 Å². The van der Waals surface area contributed by atoms with Gasteiger partial charge in [0, 0.05) is 38.4 Å². The number of rotatable bonds is 4. The van der Waals surface area contributed by atoms with Crippen LogP contribution in [-0.4, -0.2) is 32.6 Å². The van der Waals surface area contributed by atoms with Gasteiger partial charge in [0.05, 0.1) is 0 Å². The van der Waals surface area contributed by atoms with Gasteiger partial charge in [-0.1, -0.05) is 45.0 Å². The molecule has 0 spiro atoms. The van der Waals surface area contributed by atoms with Crippen molar-refractivity contribution in [3.05, 3.63) is 53.6 Å². The van der Waals surface area contributed by atoms with E-state index >= 15 is 0 Å². The largest absolute Gasteiger partial charge is 0.385 e. The molecule has 2 atom stereocenters. The summed E-state index contributed by atoms with van der Waals surface area (Å²) in [4.78, 5) is 6.79. The van der Waals surface area contributed by atoms with Gasteiger partial charge in [0.1, 0.15) is 11.9 Å². The van der Waals surface area contributed by atoms with E-state index in [1.807, 2.05) is 17.8 Å². The summed E-state index contributed by atoms with van der Waals surface area (Å²) >= 11 is 0. The van der Waals surface area contributed by atoms with E-state index in [9.17, 15) is 5.11 Å². The number of aryl methyl sites for hydroxylation is 1. The summed E-state index contributed by atoms with van der Waals surface area (Å²) in [5.41, 5.74) is 2.92. The van der Waals surface area contributed by atoms with Gasteiger partial charge in [0.25, 0.3) is 0 Å². The van der Waals surface area contributed by atoms with Crippen LogP contribution in [0.5, 0.6) is 0 Å². The zero-order valence-corrected chi connectivity index (χ0v) is 15.9. The van der Waals surface area contributed by atoms with Crippen LogP contribution in [0.1, 0.15) is 56.7 Å². The second-order valence-corrected chi connectivity index (χ2v) is 8.43. The second kappa shape index (κ2) is 7.30. The van der Waals surface area contributed by atoms with E-state index < -0.39 is 6.10 Å². The number of nitrogens with zero attached hydrogens (tertiary/aromatic N) is 3. The lowest BCUT2D eigenvalue weighted by Crippen LogP contribution is -2.37. The highest BCUT2D eigenvalue weighted by molar-refractivity contribution is 5.27. The van der Waals surface area contributed by atoms with Crippen molar-refractivity contribution >= 4 is 0 Å². The van der Waals surface area contributed by atoms with E-state index in [1.54, 1.807) is 6.20 Å². The van der Waals surface area contributed by atoms with Crippen molar-refractivity contribution in [1.82, 2.24) is 14.5 Å². The quantitative estimate of drug-likeness (QED) is 0.923. The summed E-state index contributed by atoms with van der Waals surface area (Å²) < 4.78 is 1.93. The number of aromatic nitrogens is 2. The summed E-state index contributed by atoms with van der Waals surface area (Å²) in [5.74, 6) is 1.03. The van der Waals surface area contributed by atoms with Gasteiger partial charge in [-0.3, -0.25) is 4.90 Å². The van der Waals surface area contributed by atoms with E-state index in [-0.39, 0.29) is 11.3 Å². The molecule has 0 amide bonds. The Morgan fingerprint density at radius 3 is 2.56 bits per heavy atom. The average Bonchev–Trinajstić information content (AvgIpc) is 3.00. The highest BCUT2D eigenvalue weighted by Gasteiger charge is 2.29. The normalized spacial score (nSPS) is 20.6. The van der Waals surface area contributed by atoms with Gasteiger partial charge < -0.3 is 9.67 Å². The van der Waals surface area contributed by atoms with Crippen molar-refractivity contribution in [1.29, 1.82) is 0 Å². The van der Waals surface area contributed by atoms with Crippen molar-refractivity contribution in [3.8, 4) is 0 Å². The van der Waals surface area contributed by atoms with Crippen LogP contribution in [0.25, 0.3) is 0 Å². The van der Waals surface area contributed by atoms with Gasteiger partial charge in [0.2, 0.25) is 0 Å². The predicted octanol–water partition coefficient (Wildman–Crippen LogP) is 3.66. The Balaban J connectivity index is 1.63. The van der Waals surface area contributed by atoms with Gasteiger partial charge in [-0.05, 0) is 35.9 Å². The van der Waals surface area contributed by atoms with Crippen molar-refractivity contribution in [2.45, 2.75) is 51.7 Å². The van der Waals surface area contributed by atoms with Crippen LogP contribution in [-0.2, 0) is 19.0 Å². The van der Waals surface area contributed by atoms with Crippen LogP contribution in [0.4, 0.5) is 0 Å². The minimum Gasteiger partial charge on any atom is -0.385 e. The van der Waals surface area contributed by atoms with Crippen molar-refractivity contribution in [2.24, 2.45) is 13.0 Å². The first-order valence-corrected chi connectivity index (χ1v) is 9.31. The molecule has 0 bridgehead atoms. The maximum absolute atomic E-state index is 10.7. The fourth-order valence-electron chi connectivity index (χ4n) is 3.73. The zero-order chi connectivity index (χ0) is 18.0. The van der Waals surface area contributed by atoms with Crippen LogP contribution in [0.15, 0.2) is 36.7 Å². The van der Waals surface area contributed by atoms with Crippen molar-refractivity contribution in [2.75, 3.05) is 13.1 Å². The van der Waals surface area contributed by atoms with Gasteiger partial charge >= 0.3 is 0 Å². The molecular weight excluding hydrogens is 310 g/mol. The molecule has 0 saturated carbocycles. The third kappa shape index (κ3) is 4.31. The van der Waals surface area contributed by atoms with Gasteiger partial charge in [-0.2, -0.15) is 0 Å². The molecule has 1 fully saturated rings. The van der Waals surface area contributed by atoms with E-state index in [1.165, 1.54) is 11.1 Å². The summed E-state index contributed by atoms with van der Waals surface area (Å²) in [5, 5.41) is 10.7. The molecule has 1 aliphatic heterocycles. The molecule has 136 valence electrons. The maximum atomic E-state index is 10.7. The molecule has 1 saturated heterocycles. The Labute approximate surface area is 151 Å². The SMILES string of the molecule is Cn1ccnc1C(O)C1CCCN(Cc2ccc(C(C)(C)C)cc2)C1. The summed E-state index contributed by atoms with van der Waals surface area (Å²) in [7, 11) is 1.95. The number of hydrogen-bond acceptors (Lipinski definition) is 3. The molecule has 1 aliphatic rings. The molecule has 25 heavy (non-hydrogen) atoms. The maximum Gasteiger partial charge on any atom is 0.137 e. The lowest BCUT2D eigenvalue weighted by molar-refractivity contribution is 0.0405. The number of aliphatic hydroxyl groups excluding tert-OH is 1. The lowest BCUT2D eigenvalue weighted by atomic mass is 9.86. The van der Waals surface area contributed by atoms with Crippen LogP contribution in [0.2, 0.25) is 0 Å². The Kier molecular flexibility index (Phi) is 5.30. The number of hydrogen-bond donors (Lipinski definition) is 1. The third-order valence-electron chi connectivity index (χ3n) is 5.34. The molecular formula is C21H31N3O. The molecule has 2 heterocycles. The first kappa shape index (κ1) is 18.2. The molecule has 0 radical (unpaired) electrons. The first-order valence-electron chi connectivity index (χ1n) is 9.31. The van der Waals surface area contributed by atoms with Gasteiger partial charge in [-0.25, -0.2) is 4.98 Å². The Morgan fingerprint density at radius 2 is 1.96 bits per heavy atom. The highest BCUT2D eigenvalue weighted by atomic mass is 16.3. The van der Waals surface area contributed by atoms with Crippen LogP contribution in [0.3, 0.4) is 0 Å². The number of benzene rings is 1. The average molecular weight is 341 g/mol. The molecule has 3 rings (SSSR count). The smallest absolute Gasteiger partial charge is 0.137 e. The van der Waals surface area contributed by atoms with Gasteiger partial charge in [0.15, 0.2) is 0 Å². The highest BCUT2D eigenvalue weighted by Crippen LogP contribution is 2.29. The fourth-order valence-corrected chi connectivity index (χ4v) is 3.73. The number of imidazole rings is 1. The molecule has 2 unspecified atom stereocenters. The molecule has 1 N–H and O–H groups in total. The zero-order valence-electron chi connectivity index (χ0n) is 15.9. The molecule has 1 aromatic carbocycles. The Bertz CT molecular complexity index is 684. The summed E-state index contributed by atoms with van der Waals surface area (Å²) in [6.07, 6.45) is 5.37. The number of aliphatic hydroxyl groups is 1. The lowest BCUT2D eigenvalue weighted by Gasteiger charge is -2.35. The van der Waals surface area contributed by atoms with Crippen LogP contribution < -0.4 is 0 Å². The van der Waals surface area contributed by atoms with Crippen LogP contribution >= 0.6 is 0 Å². The number of likely N-dealkylation sites (tertiary alicyclic amines) is 1. The summed E-state index contributed by atoms with van der Waals surface area (Å²) in [6, 6.07) is 9.00. The van der Waals surface area contributed by atoms with Crippen molar-refractivity contribution < 1.29 is 5.11 Å². The minimum absolute atomic E-state index is 0.195. The minimum atomic E-state index is -0.480. The molecule has 2 aromatic rings. The molecule has 0 aliphatic carbocycles. The van der Waals surface area contributed by atoms with E-state index in [2.05, 4.69) is 54.9 Å². The molecule has 4 heteroatoms. The standard InChI is InChI=1S/C21H31N3O/c1-21(2,3)18-9-7-16(8-10-18)14-24-12-5-6-17(15-24)19(25)20-22-11-13-23(20)4/h7-11,13,17,19,25H,5-6,12,14-15H2,1-4H3. The predicted molar refractivity (Wildman–Crippen MR) is 101 cm³/mol. The topological polar surface area (TPSA) is 41.3 Å². The fraction of sp³-hybridized carbons (Fsp3) is 0.571. The van der Waals surface area contributed by atoms with Crippen LogP contribution in [0, 0.1) is 5.92 Å². The van der Waals surface area contributed by atoms with Gasteiger partial charge in [-0.15, -0.1) is 0 Å².